The number of nitrogens with two attached hydrogens (primary N) is 3. The normalized spacial score (nSPS) is 13.4. The topological polar surface area (TPSA) is 273 Å². The number of nitrogens with zero attached hydrogens (tertiary/aromatic N) is 1. The molecule has 0 fully saturated rings. The fourth-order valence-electron chi connectivity index (χ4n) is 6.64. The molecule has 16 nitrogen and oxygen atoms in total. The summed E-state index contributed by atoms with van der Waals surface area (Å²) in [6.07, 6.45) is 1.53. The lowest BCUT2D eigenvalue weighted by Crippen LogP contribution is -2.60. The summed E-state index contributed by atoms with van der Waals surface area (Å²) in [4.78, 5) is 85.9. The average molecular weight is 828 g/mol. The van der Waals surface area contributed by atoms with E-state index in [-0.39, 0.29) is 50.5 Å². The second kappa shape index (κ2) is 24.6. The van der Waals surface area contributed by atoms with Crippen molar-refractivity contribution in [1.29, 1.82) is 0 Å². The van der Waals surface area contributed by atoms with Crippen molar-refractivity contribution in [3.05, 3.63) is 107 Å². The SMILES string of the molecule is Cc1cccc(C)c1C(=O)N[C@H](C(=O)N[C@@H](CCCN=C(N)N)C(=O)N[C@@H](Cc1ccccc1)C(=O)N[C@@H](Cc1ccccc1)C(=O)N[C@@H](CCCCN)C(=O)O)C(C)C. The molecular formula is C44H61N9O7. The molecule has 324 valence electrons. The summed E-state index contributed by atoms with van der Waals surface area (Å²) in [7, 11) is 0. The lowest BCUT2D eigenvalue weighted by molar-refractivity contribution is -0.142. The Morgan fingerprint density at radius 3 is 1.53 bits per heavy atom. The van der Waals surface area contributed by atoms with Gasteiger partial charge in [0.05, 0.1) is 0 Å². The number of guanidine groups is 1. The highest BCUT2D eigenvalue weighted by Gasteiger charge is 2.33. The van der Waals surface area contributed by atoms with Crippen molar-refractivity contribution in [1.82, 2.24) is 26.6 Å². The molecule has 60 heavy (non-hydrogen) atoms. The lowest BCUT2D eigenvalue weighted by atomic mass is 9.98. The van der Waals surface area contributed by atoms with E-state index in [0.29, 0.717) is 36.1 Å². The summed E-state index contributed by atoms with van der Waals surface area (Å²) in [6, 6.07) is 17.3. The highest BCUT2D eigenvalue weighted by molar-refractivity contribution is 6.01. The zero-order valence-electron chi connectivity index (χ0n) is 34.9. The minimum absolute atomic E-state index is 0.00402. The van der Waals surface area contributed by atoms with Gasteiger partial charge in [0, 0.05) is 24.9 Å². The monoisotopic (exact) mass is 827 g/mol. The average Bonchev–Trinajstić information content (AvgIpc) is 3.20. The Morgan fingerprint density at radius 2 is 1.07 bits per heavy atom. The van der Waals surface area contributed by atoms with Crippen LogP contribution in [-0.4, -0.2) is 89.9 Å². The van der Waals surface area contributed by atoms with Gasteiger partial charge in [-0.25, -0.2) is 4.79 Å². The Hall–Kier alpha value is -6.29. The maximum absolute atomic E-state index is 14.3. The van der Waals surface area contributed by atoms with Crippen LogP contribution in [0.5, 0.6) is 0 Å². The van der Waals surface area contributed by atoms with Gasteiger partial charge in [-0.15, -0.1) is 0 Å². The Morgan fingerprint density at radius 1 is 0.600 bits per heavy atom. The number of nitrogens with one attached hydrogen (secondary N) is 5. The predicted octanol–water partition coefficient (Wildman–Crippen LogP) is 1.75. The van der Waals surface area contributed by atoms with Crippen LogP contribution in [0.3, 0.4) is 0 Å². The highest BCUT2D eigenvalue weighted by Crippen LogP contribution is 2.15. The highest BCUT2D eigenvalue weighted by atomic mass is 16.4. The molecule has 0 spiro atoms. The molecule has 0 aliphatic carbocycles. The molecule has 0 unspecified atom stereocenters. The number of carbonyl (C=O) groups excluding carboxylic acids is 5. The number of hydrogen-bond donors (Lipinski definition) is 9. The molecule has 5 amide bonds. The van der Waals surface area contributed by atoms with Crippen LogP contribution < -0.4 is 43.8 Å². The van der Waals surface area contributed by atoms with Crippen LogP contribution in [0.15, 0.2) is 83.9 Å². The van der Waals surface area contributed by atoms with E-state index >= 15 is 0 Å². The first-order valence-electron chi connectivity index (χ1n) is 20.3. The van der Waals surface area contributed by atoms with Gasteiger partial charge >= 0.3 is 5.97 Å². The Balaban J connectivity index is 1.93. The second-order valence-electron chi connectivity index (χ2n) is 15.2. The summed E-state index contributed by atoms with van der Waals surface area (Å²) in [5, 5.41) is 23.6. The van der Waals surface area contributed by atoms with E-state index in [0.717, 1.165) is 11.1 Å². The standard InChI is InChI=1S/C44H61N9O7/c1-27(2)37(53-41(57)36-28(3)15-13-16-29(36)4)42(58)49-32(22-14-24-48-44(46)47)38(54)51-35(26-31-19-9-6-10-20-31)40(56)52-34(25-30-17-7-5-8-18-30)39(55)50-33(43(59)60)21-11-12-23-45/h5-10,13,15-20,27,32-35,37H,11-12,14,21-26,45H2,1-4H3,(H,49,58)(H,50,55)(H,51,54)(H,52,56)(H,53,57)(H,59,60)(H4,46,47,48)/t32-,33-,34-,35-,37-/m0/s1. The third kappa shape index (κ3) is 15.8. The van der Waals surface area contributed by atoms with Crippen LogP contribution in [0.2, 0.25) is 0 Å². The van der Waals surface area contributed by atoms with Crippen LogP contribution in [0, 0.1) is 19.8 Å². The largest absolute Gasteiger partial charge is 0.480 e. The number of rotatable bonds is 24. The first-order chi connectivity index (χ1) is 28.6. The van der Waals surface area contributed by atoms with Crippen LogP contribution in [-0.2, 0) is 36.8 Å². The number of carboxylic acids is 1. The van der Waals surface area contributed by atoms with Crippen molar-refractivity contribution in [2.75, 3.05) is 13.1 Å². The summed E-state index contributed by atoms with van der Waals surface area (Å²) >= 11 is 0. The van der Waals surface area contributed by atoms with E-state index in [9.17, 15) is 33.9 Å². The van der Waals surface area contributed by atoms with Crippen molar-refractivity contribution >= 4 is 41.5 Å². The number of carbonyl (C=O) groups is 6. The quantitative estimate of drug-likeness (QED) is 0.0359. The first-order valence-corrected chi connectivity index (χ1v) is 20.3. The van der Waals surface area contributed by atoms with E-state index in [4.69, 9.17) is 17.2 Å². The van der Waals surface area contributed by atoms with Gasteiger partial charge in [-0.1, -0.05) is 92.7 Å². The van der Waals surface area contributed by atoms with E-state index in [1.807, 2.05) is 6.07 Å². The molecule has 3 aromatic carbocycles. The molecular weight excluding hydrogens is 767 g/mol. The van der Waals surface area contributed by atoms with Gasteiger partial charge in [0.15, 0.2) is 5.96 Å². The molecule has 0 saturated heterocycles. The van der Waals surface area contributed by atoms with Crippen LogP contribution in [0.4, 0.5) is 0 Å². The number of unbranched alkanes of at least 4 members (excludes halogenated alkanes) is 1. The molecule has 0 heterocycles. The fraction of sp³-hybridized carbons (Fsp3) is 0.432. The van der Waals surface area contributed by atoms with Gasteiger partial charge in [-0.05, 0) is 80.7 Å². The molecule has 12 N–H and O–H groups in total. The Bertz CT molecular complexity index is 1900. The van der Waals surface area contributed by atoms with E-state index < -0.39 is 65.7 Å². The first kappa shape index (κ1) is 48.1. The second-order valence-corrected chi connectivity index (χ2v) is 15.2. The summed E-state index contributed by atoms with van der Waals surface area (Å²) in [5.41, 5.74) is 19.9. The van der Waals surface area contributed by atoms with E-state index in [1.54, 1.807) is 100 Å². The van der Waals surface area contributed by atoms with Crippen molar-refractivity contribution in [3.8, 4) is 0 Å². The number of aryl methyl sites for hydroxylation is 2. The zero-order valence-corrected chi connectivity index (χ0v) is 34.9. The number of benzene rings is 3. The third-order valence-corrected chi connectivity index (χ3v) is 9.91. The number of carboxylic acid groups (broad SMARTS) is 1. The van der Waals surface area contributed by atoms with Crippen molar-refractivity contribution in [2.45, 2.75) is 103 Å². The fourth-order valence-corrected chi connectivity index (χ4v) is 6.64. The van der Waals surface area contributed by atoms with E-state index in [2.05, 4.69) is 31.6 Å². The van der Waals surface area contributed by atoms with Crippen molar-refractivity contribution < 1.29 is 33.9 Å². The van der Waals surface area contributed by atoms with Gasteiger partial charge in [0.1, 0.15) is 30.2 Å². The summed E-state index contributed by atoms with van der Waals surface area (Å²) in [5.74, 6) is -4.95. The maximum atomic E-state index is 14.3. The van der Waals surface area contributed by atoms with Crippen LogP contribution in [0.25, 0.3) is 0 Å². The third-order valence-electron chi connectivity index (χ3n) is 9.91. The Labute approximate surface area is 351 Å². The molecule has 0 aliphatic heterocycles. The minimum atomic E-state index is -1.26. The molecule has 16 heteroatoms. The lowest BCUT2D eigenvalue weighted by Gasteiger charge is -2.28. The zero-order chi connectivity index (χ0) is 44.2. The number of aliphatic imine (C=N–C) groups is 1. The van der Waals surface area contributed by atoms with Crippen LogP contribution >= 0.6 is 0 Å². The molecule has 0 saturated carbocycles. The molecule has 5 atom stereocenters. The summed E-state index contributed by atoms with van der Waals surface area (Å²) < 4.78 is 0. The smallest absolute Gasteiger partial charge is 0.326 e. The van der Waals surface area contributed by atoms with Gasteiger partial charge in [0.2, 0.25) is 23.6 Å². The van der Waals surface area contributed by atoms with Gasteiger partial charge < -0.3 is 48.9 Å². The molecule has 0 aromatic heterocycles. The van der Waals surface area contributed by atoms with E-state index in [1.165, 1.54) is 0 Å². The van der Waals surface area contributed by atoms with Gasteiger partial charge in [0.25, 0.3) is 5.91 Å². The molecule has 0 radical (unpaired) electrons. The number of amides is 5. The predicted molar refractivity (Wildman–Crippen MR) is 230 cm³/mol. The summed E-state index contributed by atoms with van der Waals surface area (Å²) in [6.45, 7) is 7.66. The molecule has 3 rings (SSSR count). The molecule has 0 bridgehead atoms. The maximum Gasteiger partial charge on any atom is 0.326 e. The van der Waals surface area contributed by atoms with Gasteiger partial charge in [-0.2, -0.15) is 0 Å². The number of aliphatic carboxylic acids is 1. The minimum Gasteiger partial charge on any atom is -0.480 e. The van der Waals surface area contributed by atoms with Crippen molar-refractivity contribution in [2.24, 2.45) is 28.1 Å². The van der Waals surface area contributed by atoms with Gasteiger partial charge in [-0.3, -0.25) is 29.0 Å². The molecule has 3 aromatic rings. The Kier molecular flexibility index (Phi) is 19.7. The van der Waals surface area contributed by atoms with Crippen LogP contribution in [0.1, 0.15) is 78.6 Å². The molecule has 0 aliphatic rings. The number of hydrogen-bond acceptors (Lipinski definition) is 8. The van der Waals surface area contributed by atoms with Crippen molar-refractivity contribution in [3.63, 3.8) is 0 Å².